The molecule has 1 fully saturated rings. The topological polar surface area (TPSA) is 54.4 Å². The summed E-state index contributed by atoms with van der Waals surface area (Å²) in [5.41, 5.74) is 4.01. The Morgan fingerprint density at radius 2 is 1.93 bits per heavy atom. The van der Waals surface area contributed by atoms with Gasteiger partial charge in [0.1, 0.15) is 11.9 Å². The smallest absolute Gasteiger partial charge is 0.127 e. The summed E-state index contributed by atoms with van der Waals surface area (Å²) in [6, 6.07) is 15.5. The highest BCUT2D eigenvalue weighted by atomic mass is 35.5. The Kier molecular flexibility index (Phi) is 6.30. The second-order valence-electron chi connectivity index (χ2n) is 7.70. The zero-order chi connectivity index (χ0) is 21.1. The van der Waals surface area contributed by atoms with Crippen molar-refractivity contribution < 1.29 is 9.84 Å². The normalized spacial score (nSPS) is 15.6. The predicted octanol–water partition coefficient (Wildman–Crippen LogP) is 5.59. The lowest BCUT2D eigenvalue weighted by Gasteiger charge is -2.23. The third kappa shape index (κ3) is 4.47. The molecule has 2 aromatic carbocycles. The molecule has 1 unspecified atom stereocenters. The van der Waals surface area contributed by atoms with E-state index in [0.29, 0.717) is 16.6 Å². The van der Waals surface area contributed by atoms with Crippen LogP contribution in [0.2, 0.25) is 10.0 Å². The van der Waals surface area contributed by atoms with E-state index in [-0.39, 0.29) is 18.2 Å². The molecular weight excluding hydrogens is 419 g/mol. The van der Waals surface area contributed by atoms with Crippen LogP contribution in [0.4, 0.5) is 0 Å². The number of nitrogens with one attached hydrogen (secondary N) is 1. The molecule has 2 N–H and O–H groups in total. The van der Waals surface area contributed by atoms with Crippen LogP contribution in [0.3, 0.4) is 0 Å². The summed E-state index contributed by atoms with van der Waals surface area (Å²) in [7, 11) is 0. The maximum absolute atomic E-state index is 9.41. The van der Waals surface area contributed by atoms with Gasteiger partial charge in [0.25, 0.3) is 0 Å². The van der Waals surface area contributed by atoms with Gasteiger partial charge in [0.15, 0.2) is 0 Å². The van der Waals surface area contributed by atoms with Crippen molar-refractivity contribution in [2.75, 3.05) is 6.61 Å². The molecule has 4 rings (SSSR count). The van der Waals surface area contributed by atoms with E-state index in [0.717, 1.165) is 40.8 Å². The van der Waals surface area contributed by atoms with Crippen LogP contribution in [0.15, 0.2) is 60.9 Å². The lowest BCUT2D eigenvalue weighted by molar-refractivity contribution is 0.130. The van der Waals surface area contributed by atoms with Crippen molar-refractivity contribution in [3.8, 4) is 16.9 Å². The van der Waals surface area contributed by atoms with Gasteiger partial charge in [0.2, 0.25) is 0 Å². The lowest BCUT2D eigenvalue weighted by Crippen LogP contribution is -2.29. The van der Waals surface area contributed by atoms with Crippen LogP contribution >= 0.6 is 23.2 Å². The molecule has 0 aliphatic heterocycles. The highest BCUT2D eigenvalue weighted by Gasteiger charge is 2.45. The van der Waals surface area contributed by atoms with E-state index in [1.165, 1.54) is 0 Å². The quantitative estimate of drug-likeness (QED) is 0.476. The SMILES string of the molecule is CC(CO)Oc1ccccc1-c1ccncc1C1(NCc2cc(Cl)ccc2Cl)CC1. The largest absolute Gasteiger partial charge is 0.488 e. The van der Waals surface area contributed by atoms with Crippen molar-refractivity contribution >= 4 is 23.2 Å². The average Bonchev–Trinajstić information content (AvgIpc) is 3.56. The van der Waals surface area contributed by atoms with Crippen molar-refractivity contribution in [3.05, 3.63) is 82.1 Å². The highest BCUT2D eigenvalue weighted by molar-refractivity contribution is 6.33. The van der Waals surface area contributed by atoms with Gasteiger partial charge in [-0.25, -0.2) is 0 Å². The first kappa shape index (κ1) is 21.1. The highest BCUT2D eigenvalue weighted by Crippen LogP contribution is 2.50. The third-order valence-electron chi connectivity index (χ3n) is 5.47. The standard InChI is InChI=1S/C24H24Cl2N2O2/c1-16(15-29)30-23-5-3-2-4-20(23)19-8-11-27-14-21(19)24(9-10-24)28-13-17-12-18(25)6-7-22(17)26/h2-8,11-12,14,16,28-29H,9-10,13,15H2,1H3. The Bertz CT molecular complexity index is 1040. The third-order valence-corrected chi connectivity index (χ3v) is 6.08. The molecule has 30 heavy (non-hydrogen) atoms. The van der Waals surface area contributed by atoms with Crippen LogP contribution < -0.4 is 10.1 Å². The molecular formula is C24H24Cl2N2O2. The summed E-state index contributed by atoms with van der Waals surface area (Å²) in [5, 5.41) is 14.5. The molecule has 3 aromatic rings. The van der Waals surface area contributed by atoms with E-state index < -0.39 is 0 Å². The van der Waals surface area contributed by atoms with E-state index >= 15 is 0 Å². The Balaban J connectivity index is 1.65. The fourth-order valence-corrected chi connectivity index (χ4v) is 4.05. The van der Waals surface area contributed by atoms with Gasteiger partial charge in [-0.05, 0) is 66.8 Å². The van der Waals surface area contributed by atoms with Gasteiger partial charge in [0, 0.05) is 40.1 Å². The molecule has 1 atom stereocenters. The monoisotopic (exact) mass is 442 g/mol. The van der Waals surface area contributed by atoms with Gasteiger partial charge in [-0.15, -0.1) is 0 Å². The van der Waals surface area contributed by atoms with Crippen molar-refractivity contribution in [2.45, 2.75) is 38.0 Å². The maximum atomic E-state index is 9.41. The molecule has 4 nitrogen and oxygen atoms in total. The van der Waals surface area contributed by atoms with Crippen LogP contribution in [0.1, 0.15) is 30.9 Å². The number of halogens is 2. The van der Waals surface area contributed by atoms with Crippen molar-refractivity contribution in [1.29, 1.82) is 0 Å². The summed E-state index contributed by atoms with van der Waals surface area (Å²) in [5.74, 6) is 0.750. The molecule has 0 bridgehead atoms. The van der Waals surface area contributed by atoms with Gasteiger partial charge in [-0.3, -0.25) is 4.98 Å². The van der Waals surface area contributed by atoms with Gasteiger partial charge < -0.3 is 15.2 Å². The number of hydrogen-bond donors (Lipinski definition) is 2. The summed E-state index contributed by atoms with van der Waals surface area (Å²) in [6.07, 6.45) is 5.48. The number of aliphatic hydroxyl groups excluding tert-OH is 1. The molecule has 0 amide bonds. The zero-order valence-corrected chi connectivity index (χ0v) is 18.2. The minimum absolute atomic E-state index is 0.0383. The number of aliphatic hydroxyl groups is 1. The first-order valence-corrected chi connectivity index (χ1v) is 10.8. The van der Waals surface area contributed by atoms with Crippen LogP contribution in [-0.4, -0.2) is 22.8 Å². The molecule has 0 spiro atoms. The van der Waals surface area contributed by atoms with Gasteiger partial charge in [-0.2, -0.15) is 0 Å². The number of ether oxygens (including phenoxy) is 1. The van der Waals surface area contributed by atoms with Crippen molar-refractivity contribution in [3.63, 3.8) is 0 Å². The summed E-state index contributed by atoms with van der Waals surface area (Å²) in [6.45, 7) is 2.43. The van der Waals surface area contributed by atoms with E-state index in [1.807, 2.05) is 55.6 Å². The number of pyridine rings is 1. The number of benzene rings is 2. The van der Waals surface area contributed by atoms with E-state index in [9.17, 15) is 5.11 Å². The van der Waals surface area contributed by atoms with Crippen LogP contribution in [-0.2, 0) is 12.1 Å². The average molecular weight is 443 g/mol. The van der Waals surface area contributed by atoms with Gasteiger partial charge >= 0.3 is 0 Å². The zero-order valence-electron chi connectivity index (χ0n) is 16.7. The number of hydrogen-bond acceptors (Lipinski definition) is 4. The molecule has 1 aliphatic carbocycles. The Hall–Kier alpha value is -2.11. The first-order valence-electron chi connectivity index (χ1n) is 10.0. The summed E-state index contributed by atoms with van der Waals surface area (Å²) in [4.78, 5) is 4.40. The molecule has 1 aromatic heterocycles. The Labute approximate surface area is 186 Å². The Morgan fingerprint density at radius 1 is 1.13 bits per heavy atom. The molecule has 0 saturated heterocycles. The molecule has 1 heterocycles. The second kappa shape index (κ2) is 8.94. The van der Waals surface area contributed by atoms with Gasteiger partial charge in [0.05, 0.1) is 6.61 Å². The second-order valence-corrected chi connectivity index (χ2v) is 8.54. The summed E-state index contributed by atoms with van der Waals surface area (Å²) < 4.78 is 5.97. The molecule has 1 aliphatic rings. The number of para-hydroxylation sites is 1. The van der Waals surface area contributed by atoms with Crippen molar-refractivity contribution in [1.82, 2.24) is 10.3 Å². The lowest BCUT2D eigenvalue weighted by atomic mass is 9.94. The Morgan fingerprint density at radius 3 is 2.70 bits per heavy atom. The predicted molar refractivity (Wildman–Crippen MR) is 121 cm³/mol. The number of nitrogens with zero attached hydrogens (tertiary/aromatic N) is 1. The fraction of sp³-hybridized carbons (Fsp3) is 0.292. The summed E-state index contributed by atoms with van der Waals surface area (Å²) >= 11 is 12.5. The minimum atomic E-state index is -0.283. The van der Waals surface area contributed by atoms with E-state index in [4.69, 9.17) is 27.9 Å². The van der Waals surface area contributed by atoms with E-state index in [1.54, 1.807) is 12.3 Å². The van der Waals surface area contributed by atoms with Crippen LogP contribution in [0.5, 0.6) is 5.75 Å². The van der Waals surface area contributed by atoms with Crippen LogP contribution in [0.25, 0.3) is 11.1 Å². The van der Waals surface area contributed by atoms with Gasteiger partial charge in [-0.1, -0.05) is 41.4 Å². The molecule has 0 radical (unpaired) electrons. The number of rotatable bonds is 8. The number of aromatic nitrogens is 1. The minimum Gasteiger partial charge on any atom is -0.488 e. The van der Waals surface area contributed by atoms with Crippen molar-refractivity contribution in [2.24, 2.45) is 0 Å². The van der Waals surface area contributed by atoms with E-state index in [2.05, 4.69) is 10.3 Å². The molecule has 156 valence electrons. The molecule has 6 heteroatoms. The molecule has 1 saturated carbocycles. The maximum Gasteiger partial charge on any atom is 0.127 e. The fourth-order valence-electron chi connectivity index (χ4n) is 3.67. The first-order chi connectivity index (χ1) is 14.5. The van der Waals surface area contributed by atoms with Crippen LogP contribution in [0, 0.1) is 0 Å².